The van der Waals surface area contributed by atoms with Gasteiger partial charge >= 0.3 is 0 Å². The van der Waals surface area contributed by atoms with Crippen LogP contribution in [0.5, 0.6) is 0 Å². The number of rotatable bonds is 3. The van der Waals surface area contributed by atoms with Crippen molar-refractivity contribution in [2.24, 2.45) is 5.92 Å². The molecule has 0 N–H and O–H groups in total. The van der Waals surface area contributed by atoms with Gasteiger partial charge in [0.05, 0.1) is 12.2 Å². The van der Waals surface area contributed by atoms with Gasteiger partial charge in [0.15, 0.2) is 0 Å². The van der Waals surface area contributed by atoms with E-state index in [0.29, 0.717) is 18.4 Å². The summed E-state index contributed by atoms with van der Waals surface area (Å²) in [6, 6.07) is 2.22. The zero-order valence-electron chi connectivity index (χ0n) is 7.05. The molecule has 1 fully saturated rings. The first kappa shape index (κ1) is 8.55. The molecule has 2 heteroatoms. The molecule has 0 radical (unpaired) electrons. The van der Waals surface area contributed by atoms with Crippen molar-refractivity contribution in [2.45, 2.75) is 38.7 Å². The van der Waals surface area contributed by atoms with Crippen LogP contribution in [0, 0.1) is 17.2 Å². The first-order valence-corrected chi connectivity index (χ1v) is 4.37. The largest absolute Gasteiger partial charge is 0.378 e. The van der Waals surface area contributed by atoms with Crippen LogP contribution in [0.25, 0.3) is 0 Å². The summed E-state index contributed by atoms with van der Waals surface area (Å²) >= 11 is 0. The number of nitrogens with zero attached hydrogens (tertiary/aromatic N) is 1. The van der Waals surface area contributed by atoms with Crippen LogP contribution in [0.3, 0.4) is 0 Å². The second-order valence-corrected chi connectivity index (χ2v) is 3.08. The maximum absolute atomic E-state index is 8.52. The molecule has 1 aliphatic rings. The highest BCUT2D eigenvalue weighted by molar-refractivity contribution is 4.82. The summed E-state index contributed by atoms with van der Waals surface area (Å²) in [5, 5.41) is 8.52. The predicted octanol–water partition coefficient (Wildman–Crippen LogP) is 2.11. The van der Waals surface area contributed by atoms with Crippen molar-refractivity contribution in [3.8, 4) is 6.07 Å². The number of hydrogen-bond acceptors (Lipinski definition) is 2. The number of ether oxygens (including phenoxy) is 1. The highest BCUT2D eigenvalue weighted by Gasteiger charge is 2.23. The minimum absolute atomic E-state index is 0.375. The van der Waals surface area contributed by atoms with Crippen LogP contribution >= 0.6 is 0 Å². The van der Waals surface area contributed by atoms with Crippen LogP contribution < -0.4 is 0 Å². The lowest BCUT2D eigenvalue weighted by molar-refractivity contribution is 0.0630. The van der Waals surface area contributed by atoms with Gasteiger partial charge < -0.3 is 4.74 Å². The minimum Gasteiger partial charge on any atom is -0.378 e. The van der Waals surface area contributed by atoms with Crippen LogP contribution in [0.2, 0.25) is 0 Å². The molecule has 1 saturated heterocycles. The average Bonchev–Trinajstić information content (AvgIpc) is 2.52. The second-order valence-electron chi connectivity index (χ2n) is 3.08. The summed E-state index contributed by atoms with van der Waals surface area (Å²) < 4.78 is 5.51. The van der Waals surface area contributed by atoms with Gasteiger partial charge in [-0.1, -0.05) is 6.92 Å². The van der Waals surface area contributed by atoms with Gasteiger partial charge in [-0.05, 0) is 25.2 Å². The van der Waals surface area contributed by atoms with Crippen molar-refractivity contribution in [1.82, 2.24) is 0 Å². The Morgan fingerprint density at radius 3 is 3.00 bits per heavy atom. The van der Waals surface area contributed by atoms with Gasteiger partial charge in [0.1, 0.15) is 0 Å². The predicted molar refractivity (Wildman–Crippen MR) is 43.0 cm³/mol. The topological polar surface area (TPSA) is 33.0 Å². The fourth-order valence-corrected chi connectivity index (χ4v) is 1.63. The zero-order valence-corrected chi connectivity index (χ0v) is 7.05. The monoisotopic (exact) mass is 153 g/mol. The van der Waals surface area contributed by atoms with Crippen molar-refractivity contribution in [3.63, 3.8) is 0 Å². The normalized spacial score (nSPS) is 26.4. The summed E-state index contributed by atoms with van der Waals surface area (Å²) in [7, 11) is 0. The van der Waals surface area contributed by atoms with Gasteiger partial charge in [-0.3, -0.25) is 0 Å². The molecule has 2 unspecified atom stereocenters. The fourth-order valence-electron chi connectivity index (χ4n) is 1.63. The zero-order chi connectivity index (χ0) is 8.10. The van der Waals surface area contributed by atoms with Crippen molar-refractivity contribution in [2.75, 3.05) is 6.61 Å². The van der Waals surface area contributed by atoms with E-state index < -0.39 is 0 Å². The van der Waals surface area contributed by atoms with Crippen molar-refractivity contribution < 1.29 is 4.74 Å². The summed E-state index contributed by atoms with van der Waals surface area (Å²) in [4.78, 5) is 0. The van der Waals surface area contributed by atoms with Gasteiger partial charge in [0, 0.05) is 13.0 Å². The molecule has 0 aliphatic carbocycles. The van der Waals surface area contributed by atoms with Gasteiger partial charge in [0.25, 0.3) is 0 Å². The lowest BCUT2D eigenvalue weighted by atomic mass is 9.94. The average molecular weight is 153 g/mol. The van der Waals surface area contributed by atoms with Crippen LogP contribution in [-0.4, -0.2) is 12.7 Å². The summed E-state index contributed by atoms with van der Waals surface area (Å²) in [5.41, 5.74) is 0. The molecular formula is C9H15NO. The molecule has 2 atom stereocenters. The smallest absolute Gasteiger partial charge is 0.0625 e. The van der Waals surface area contributed by atoms with Crippen molar-refractivity contribution in [1.29, 1.82) is 5.26 Å². The molecule has 0 amide bonds. The Kier molecular flexibility index (Phi) is 3.38. The Balaban J connectivity index is 2.34. The third-order valence-electron chi connectivity index (χ3n) is 2.37. The van der Waals surface area contributed by atoms with E-state index in [1.807, 2.05) is 0 Å². The maximum Gasteiger partial charge on any atom is 0.0625 e. The molecule has 62 valence electrons. The van der Waals surface area contributed by atoms with E-state index in [-0.39, 0.29) is 0 Å². The van der Waals surface area contributed by atoms with Crippen LogP contribution in [0.4, 0.5) is 0 Å². The molecule has 11 heavy (non-hydrogen) atoms. The second kappa shape index (κ2) is 4.35. The molecule has 1 rings (SSSR count). The Labute approximate surface area is 68.2 Å². The highest BCUT2D eigenvalue weighted by atomic mass is 16.5. The van der Waals surface area contributed by atoms with E-state index in [9.17, 15) is 0 Å². The minimum atomic E-state index is 0.375. The Morgan fingerprint density at radius 2 is 2.55 bits per heavy atom. The Hall–Kier alpha value is -0.550. The van der Waals surface area contributed by atoms with Gasteiger partial charge in [-0.25, -0.2) is 0 Å². The summed E-state index contributed by atoms with van der Waals surface area (Å²) in [5.74, 6) is 0.475. The molecule has 0 saturated carbocycles. The molecule has 0 aromatic carbocycles. The molecule has 0 aromatic heterocycles. The lowest BCUT2D eigenvalue weighted by Gasteiger charge is -2.17. The number of nitriles is 1. The maximum atomic E-state index is 8.52. The van der Waals surface area contributed by atoms with E-state index in [1.165, 1.54) is 6.42 Å². The van der Waals surface area contributed by atoms with E-state index >= 15 is 0 Å². The highest BCUT2D eigenvalue weighted by Crippen LogP contribution is 2.24. The van der Waals surface area contributed by atoms with Crippen LogP contribution in [-0.2, 0) is 4.74 Å². The van der Waals surface area contributed by atoms with E-state index in [2.05, 4.69) is 13.0 Å². The SMILES string of the molecule is CCC(CC#N)C1CCCO1. The third-order valence-corrected chi connectivity index (χ3v) is 2.37. The van der Waals surface area contributed by atoms with Gasteiger partial charge in [-0.2, -0.15) is 5.26 Å². The molecular weight excluding hydrogens is 138 g/mol. The molecule has 0 bridgehead atoms. The third kappa shape index (κ3) is 2.20. The lowest BCUT2D eigenvalue weighted by Crippen LogP contribution is -2.18. The first-order valence-electron chi connectivity index (χ1n) is 4.37. The Bertz CT molecular complexity index is 144. The summed E-state index contributed by atoms with van der Waals surface area (Å²) in [6.45, 7) is 3.02. The molecule has 2 nitrogen and oxygen atoms in total. The molecule has 1 heterocycles. The van der Waals surface area contributed by atoms with Gasteiger partial charge in [-0.15, -0.1) is 0 Å². The molecule has 0 spiro atoms. The van der Waals surface area contributed by atoms with Gasteiger partial charge in [0.2, 0.25) is 0 Å². The standard InChI is InChI=1S/C9H15NO/c1-2-8(5-6-10)9-4-3-7-11-9/h8-9H,2-5,7H2,1H3. The van der Waals surface area contributed by atoms with Crippen molar-refractivity contribution in [3.05, 3.63) is 0 Å². The Morgan fingerprint density at radius 1 is 1.73 bits per heavy atom. The first-order chi connectivity index (χ1) is 5.38. The molecule has 0 aromatic rings. The van der Waals surface area contributed by atoms with E-state index in [0.717, 1.165) is 19.4 Å². The molecule has 1 aliphatic heterocycles. The fraction of sp³-hybridized carbons (Fsp3) is 0.889. The summed E-state index contributed by atoms with van der Waals surface area (Å²) in [6.07, 6.45) is 4.42. The van der Waals surface area contributed by atoms with Crippen LogP contribution in [0.1, 0.15) is 32.6 Å². The van der Waals surface area contributed by atoms with Crippen LogP contribution in [0.15, 0.2) is 0 Å². The van der Waals surface area contributed by atoms with E-state index in [4.69, 9.17) is 10.00 Å². The quantitative estimate of drug-likeness (QED) is 0.622. The number of hydrogen-bond donors (Lipinski definition) is 0. The van der Waals surface area contributed by atoms with Crippen molar-refractivity contribution >= 4 is 0 Å². The van der Waals surface area contributed by atoms with E-state index in [1.54, 1.807) is 0 Å².